The largest absolute Gasteiger partial charge is 0.454 e. The molecule has 0 saturated heterocycles. The van der Waals surface area contributed by atoms with Gasteiger partial charge in [0.05, 0.1) is 37.1 Å². The van der Waals surface area contributed by atoms with Crippen molar-refractivity contribution in [2.24, 2.45) is 0 Å². The first-order chi connectivity index (χ1) is 19.6. The lowest BCUT2D eigenvalue weighted by Crippen LogP contribution is -2.09. The fourth-order valence-electron chi connectivity index (χ4n) is 1.95. The number of esters is 3. The third-order valence-electron chi connectivity index (χ3n) is 3.68. The second-order valence-corrected chi connectivity index (χ2v) is 15.6. The highest BCUT2D eigenvalue weighted by Crippen LogP contribution is 2.12. The maximum Gasteiger partial charge on any atom is 0.316 e. The number of hydrogen-bond acceptors (Lipinski definition) is 18. The maximum absolute atomic E-state index is 11.7. The van der Waals surface area contributed by atoms with Crippen molar-refractivity contribution in [3.05, 3.63) is 0 Å². The Morgan fingerprint density at radius 2 is 0.800 bits per heavy atom. The highest BCUT2D eigenvalue weighted by molar-refractivity contribution is 8.04. The van der Waals surface area contributed by atoms with Gasteiger partial charge in [-0.25, -0.2) is 9.78 Å². The molecule has 0 unspecified atom stereocenters. The third kappa shape index (κ3) is 33.6. The zero-order valence-corrected chi connectivity index (χ0v) is 28.9. The van der Waals surface area contributed by atoms with E-state index in [-0.39, 0.29) is 48.8 Å². The van der Waals surface area contributed by atoms with Crippen molar-refractivity contribution in [2.45, 2.75) is 0 Å². The molecule has 0 bridgehead atoms. The Kier molecular flexibility index (Phi) is 35.4. The first kappa shape index (κ1) is 41.0. The van der Waals surface area contributed by atoms with Crippen molar-refractivity contribution in [3.63, 3.8) is 0 Å². The highest BCUT2D eigenvalue weighted by Gasteiger charge is 2.06. The molecule has 0 rings (SSSR count). The van der Waals surface area contributed by atoms with Gasteiger partial charge in [-0.1, -0.05) is 0 Å². The number of aliphatic hydroxyl groups is 2. The van der Waals surface area contributed by atoms with E-state index in [9.17, 15) is 14.4 Å². The Hall–Kier alpha value is 1.05. The fourth-order valence-corrected chi connectivity index (χ4v) is 7.87. The van der Waals surface area contributed by atoms with Crippen LogP contribution in [0.4, 0.5) is 0 Å². The quantitative estimate of drug-likeness (QED) is 0.0270. The van der Waals surface area contributed by atoms with Gasteiger partial charge in [0.15, 0.2) is 0 Å². The van der Waals surface area contributed by atoms with Crippen LogP contribution >= 0.6 is 94.1 Å². The van der Waals surface area contributed by atoms with Gasteiger partial charge in [0, 0.05) is 51.8 Å². The molecule has 0 aromatic carbocycles. The van der Waals surface area contributed by atoms with Gasteiger partial charge in [-0.3, -0.25) is 14.4 Å². The molecule has 0 aromatic heterocycles. The molecule has 40 heavy (non-hydrogen) atoms. The molecular formula is C22H40O10S8. The highest BCUT2D eigenvalue weighted by atomic mass is 32.2. The van der Waals surface area contributed by atoms with E-state index >= 15 is 0 Å². The minimum atomic E-state index is -0.268. The van der Waals surface area contributed by atoms with Crippen LogP contribution in [-0.2, 0) is 38.4 Å². The Morgan fingerprint density at radius 1 is 0.425 bits per heavy atom. The number of rotatable bonds is 31. The smallest absolute Gasteiger partial charge is 0.316 e. The number of carbonyl (C=O) groups is 3. The normalized spacial score (nSPS) is 10.9. The lowest BCUT2D eigenvalue weighted by Gasteiger charge is -2.06. The van der Waals surface area contributed by atoms with Crippen molar-refractivity contribution < 1.29 is 48.6 Å². The summed E-state index contributed by atoms with van der Waals surface area (Å²) >= 11 is 12.1. The van der Waals surface area contributed by atoms with Crippen LogP contribution in [-0.4, -0.2) is 141 Å². The van der Waals surface area contributed by atoms with E-state index in [4.69, 9.17) is 34.2 Å². The summed E-state index contributed by atoms with van der Waals surface area (Å²) in [5, 5.41) is 17.3. The first-order valence-corrected chi connectivity index (χ1v) is 21.4. The molecule has 0 amide bonds. The van der Waals surface area contributed by atoms with Crippen LogP contribution < -0.4 is 0 Å². The molecule has 10 nitrogen and oxygen atoms in total. The number of ether oxygens (including phenoxy) is 3. The van der Waals surface area contributed by atoms with Crippen LogP contribution in [0.25, 0.3) is 0 Å². The van der Waals surface area contributed by atoms with Gasteiger partial charge in [-0.05, 0) is 0 Å². The predicted molar refractivity (Wildman–Crippen MR) is 178 cm³/mol. The molecule has 0 aromatic rings. The summed E-state index contributed by atoms with van der Waals surface area (Å²) in [7, 11) is 0. The van der Waals surface area contributed by atoms with Crippen molar-refractivity contribution in [2.75, 3.05) is 113 Å². The van der Waals surface area contributed by atoms with Gasteiger partial charge in [-0.15, -0.1) is 82.3 Å². The molecule has 2 N–H and O–H groups in total. The third-order valence-corrected chi connectivity index (χ3v) is 11.2. The molecule has 0 heterocycles. The predicted octanol–water partition coefficient (Wildman–Crippen LogP) is 3.24. The molecule has 0 radical (unpaired) electrons. The standard InChI is InChI=1S/C22H40O10S8/c23-1-4-37-16-28-20(25)13-34-8-7-33-6-3-31-32-19-40-12-11-39-18-30-22(27)15-36-10-9-35-14-21(26)29-17-38-5-2-24/h23-24H,1-19H2. The summed E-state index contributed by atoms with van der Waals surface area (Å²) in [6.45, 7) is 0.655. The van der Waals surface area contributed by atoms with Crippen molar-refractivity contribution in [1.82, 2.24) is 0 Å². The lowest BCUT2D eigenvalue weighted by atomic mass is 10.8. The van der Waals surface area contributed by atoms with Crippen LogP contribution in [0.15, 0.2) is 0 Å². The topological polar surface area (TPSA) is 138 Å². The summed E-state index contributed by atoms with van der Waals surface area (Å²) in [5.74, 6) is 8.40. The van der Waals surface area contributed by atoms with Gasteiger partial charge in [0.2, 0.25) is 0 Å². The molecule has 0 spiro atoms. The SMILES string of the molecule is O=C(CSCCSCCOOCSCCSCOC(=O)CSCCSCC(=O)OCSCCO)OCSCCO. The van der Waals surface area contributed by atoms with E-state index in [1.807, 2.05) is 0 Å². The van der Waals surface area contributed by atoms with Crippen LogP contribution in [0.5, 0.6) is 0 Å². The number of hydrogen-bond donors (Lipinski definition) is 2. The monoisotopic (exact) mass is 720 g/mol. The van der Waals surface area contributed by atoms with Crippen LogP contribution in [0.2, 0.25) is 0 Å². The van der Waals surface area contributed by atoms with Gasteiger partial charge in [0.1, 0.15) is 23.8 Å². The second-order valence-electron chi connectivity index (χ2n) is 6.81. The molecule has 0 fully saturated rings. The van der Waals surface area contributed by atoms with Crippen molar-refractivity contribution >= 4 is 112 Å². The maximum atomic E-state index is 11.7. The van der Waals surface area contributed by atoms with E-state index in [2.05, 4.69) is 0 Å². The Morgan fingerprint density at radius 3 is 1.25 bits per heavy atom. The average molecular weight is 721 g/mol. The Labute approximate surface area is 271 Å². The van der Waals surface area contributed by atoms with E-state index in [0.717, 1.165) is 40.3 Å². The number of carbonyl (C=O) groups excluding carboxylic acids is 3. The summed E-state index contributed by atoms with van der Waals surface area (Å²) in [6, 6.07) is 0. The zero-order valence-electron chi connectivity index (χ0n) is 22.4. The molecule has 18 heteroatoms. The average Bonchev–Trinajstić information content (AvgIpc) is 2.95. The van der Waals surface area contributed by atoms with Gasteiger partial charge >= 0.3 is 17.9 Å². The van der Waals surface area contributed by atoms with Gasteiger partial charge < -0.3 is 24.4 Å². The first-order valence-electron chi connectivity index (χ1n) is 12.1. The molecule has 0 aliphatic rings. The van der Waals surface area contributed by atoms with E-state index < -0.39 is 0 Å². The lowest BCUT2D eigenvalue weighted by molar-refractivity contribution is -0.274. The van der Waals surface area contributed by atoms with Crippen LogP contribution in [0, 0.1) is 0 Å². The van der Waals surface area contributed by atoms with Gasteiger partial charge in [-0.2, -0.15) is 11.8 Å². The molecule has 0 aliphatic carbocycles. The van der Waals surface area contributed by atoms with E-state index in [0.29, 0.717) is 41.5 Å². The molecular weight excluding hydrogens is 681 g/mol. The molecule has 0 aliphatic heterocycles. The summed E-state index contributed by atoms with van der Waals surface area (Å²) in [5.41, 5.74) is 0. The molecule has 0 saturated carbocycles. The minimum Gasteiger partial charge on any atom is -0.454 e. The molecule has 236 valence electrons. The Balaban J connectivity index is 3.25. The minimum absolute atomic E-state index is 0.0703. The van der Waals surface area contributed by atoms with E-state index in [1.54, 1.807) is 35.3 Å². The number of aliphatic hydroxyl groups excluding tert-OH is 2. The van der Waals surface area contributed by atoms with Crippen LogP contribution in [0.1, 0.15) is 0 Å². The summed E-state index contributed by atoms with van der Waals surface area (Å²) in [6.07, 6.45) is 0. The van der Waals surface area contributed by atoms with Gasteiger partial charge in [0.25, 0.3) is 0 Å². The molecule has 0 atom stereocenters. The second kappa shape index (κ2) is 34.5. The van der Waals surface area contributed by atoms with Crippen LogP contribution in [0.3, 0.4) is 0 Å². The Bertz CT molecular complexity index is 610. The summed E-state index contributed by atoms with van der Waals surface area (Å²) in [4.78, 5) is 45.0. The summed E-state index contributed by atoms with van der Waals surface area (Å²) < 4.78 is 15.2. The van der Waals surface area contributed by atoms with Crippen molar-refractivity contribution in [3.8, 4) is 0 Å². The van der Waals surface area contributed by atoms with E-state index in [1.165, 1.54) is 58.8 Å². The fraction of sp³-hybridized carbons (Fsp3) is 0.864. The number of thioether (sulfide) groups is 8. The van der Waals surface area contributed by atoms with Crippen molar-refractivity contribution in [1.29, 1.82) is 0 Å². The zero-order chi connectivity index (χ0) is 29.4.